The van der Waals surface area contributed by atoms with E-state index in [1.807, 2.05) is 6.07 Å². The molecule has 0 radical (unpaired) electrons. The molecule has 1 heterocycles. The maximum Gasteiger partial charge on any atom is 0.231 e. The highest BCUT2D eigenvalue weighted by atomic mass is 79.9. The molecule has 1 aliphatic heterocycles. The number of ether oxygens (including phenoxy) is 3. The third kappa shape index (κ3) is 2.59. The summed E-state index contributed by atoms with van der Waals surface area (Å²) >= 11 is 3.51. The first-order chi connectivity index (χ1) is 9.22. The number of nitrogens with one attached hydrogen (secondary N) is 1. The molecule has 0 saturated heterocycles. The Bertz CT molecular complexity index is 468. The van der Waals surface area contributed by atoms with Crippen molar-refractivity contribution in [1.82, 2.24) is 5.32 Å². The van der Waals surface area contributed by atoms with Crippen LogP contribution in [0.3, 0.4) is 0 Å². The predicted molar refractivity (Wildman–Crippen MR) is 75.6 cm³/mol. The summed E-state index contributed by atoms with van der Waals surface area (Å²) < 4.78 is 17.3. The molecule has 1 N–H and O–H groups in total. The predicted octanol–water partition coefficient (Wildman–Crippen LogP) is 2.84. The molecule has 1 aromatic rings. The Morgan fingerprint density at radius 3 is 2.89 bits per heavy atom. The standard InChI is InChI=1S/C14H18BrNO3/c1-17-14(3-2-4-14)8-16-7-10-5-11(15)13-12(6-10)18-9-19-13/h5-6,16H,2-4,7-9H2,1H3. The van der Waals surface area contributed by atoms with Gasteiger partial charge in [0.1, 0.15) is 0 Å². The van der Waals surface area contributed by atoms with Crippen LogP contribution in [-0.4, -0.2) is 26.0 Å². The lowest BCUT2D eigenvalue weighted by Gasteiger charge is -2.40. The lowest BCUT2D eigenvalue weighted by atomic mass is 9.80. The molecule has 0 bridgehead atoms. The van der Waals surface area contributed by atoms with Gasteiger partial charge in [-0.2, -0.15) is 0 Å². The van der Waals surface area contributed by atoms with E-state index in [1.165, 1.54) is 12.0 Å². The zero-order valence-electron chi connectivity index (χ0n) is 11.0. The van der Waals surface area contributed by atoms with Crippen LogP contribution in [0.25, 0.3) is 0 Å². The number of fused-ring (bicyclic) bond motifs is 1. The molecule has 1 aromatic carbocycles. The van der Waals surface area contributed by atoms with Crippen LogP contribution in [0.15, 0.2) is 16.6 Å². The summed E-state index contributed by atoms with van der Waals surface area (Å²) in [5.74, 6) is 1.62. The normalized spacial score (nSPS) is 19.3. The number of halogens is 1. The number of rotatable bonds is 5. The van der Waals surface area contributed by atoms with E-state index in [-0.39, 0.29) is 5.60 Å². The second-order valence-corrected chi connectivity index (χ2v) is 6.01. The molecule has 2 aliphatic rings. The Hall–Kier alpha value is -0.780. The molecule has 0 amide bonds. The molecule has 0 spiro atoms. The van der Waals surface area contributed by atoms with Crippen LogP contribution in [0.4, 0.5) is 0 Å². The van der Waals surface area contributed by atoms with Crippen LogP contribution >= 0.6 is 15.9 Å². The molecule has 1 aliphatic carbocycles. The van der Waals surface area contributed by atoms with Crippen molar-refractivity contribution in [2.24, 2.45) is 0 Å². The van der Waals surface area contributed by atoms with Crippen molar-refractivity contribution in [2.75, 3.05) is 20.4 Å². The van der Waals surface area contributed by atoms with E-state index in [1.54, 1.807) is 7.11 Å². The minimum Gasteiger partial charge on any atom is -0.454 e. The van der Waals surface area contributed by atoms with Gasteiger partial charge in [0.25, 0.3) is 0 Å². The molecule has 19 heavy (non-hydrogen) atoms. The third-order valence-corrected chi connectivity index (χ3v) is 4.55. The van der Waals surface area contributed by atoms with Crippen molar-refractivity contribution in [3.63, 3.8) is 0 Å². The van der Waals surface area contributed by atoms with E-state index in [0.29, 0.717) is 6.79 Å². The maximum atomic E-state index is 5.59. The van der Waals surface area contributed by atoms with E-state index in [9.17, 15) is 0 Å². The molecule has 5 heteroatoms. The van der Waals surface area contributed by atoms with Gasteiger partial charge in [0.05, 0.1) is 10.1 Å². The van der Waals surface area contributed by atoms with E-state index < -0.39 is 0 Å². The SMILES string of the molecule is COC1(CNCc2cc(Br)c3c(c2)OCO3)CCC1. The van der Waals surface area contributed by atoms with Gasteiger partial charge in [0, 0.05) is 20.2 Å². The Morgan fingerprint density at radius 2 is 2.21 bits per heavy atom. The van der Waals surface area contributed by atoms with Crippen molar-refractivity contribution in [3.05, 3.63) is 22.2 Å². The second-order valence-electron chi connectivity index (χ2n) is 5.16. The Kier molecular flexibility index (Phi) is 3.69. The van der Waals surface area contributed by atoms with Gasteiger partial charge in [-0.25, -0.2) is 0 Å². The van der Waals surface area contributed by atoms with E-state index in [2.05, 4.69) is 27.3 Å². The van der Waals surface area contributed by atoms with Crippen molar-refractivity contribution < 1.29 is 14.2 Å². The highest BCUT2D eigenvalue weighted by Gasteiger charge is 2.36. The third-order valence-electron chi connectivity index (χ3n) is 3.96. The number of hydrogen-bond acceptors (Lipinski definition) is 4. The number of methoxy groups -OCH3 is 1. The molecule has 0 aromatic heterocycles. The van der Waals surface area contributed by atoms with Gasteiger partial charge in [-0.3, -0.25) is 0 Å². The minimum atomic E-state index is 0.0631. The van der Waals surface area contributed by atoms with Crippen molar-refractivity contribution >= 4 is 15.9 Å². The Labute approximate surface area is 121 Å². The van der Waals surface area contributed by atoms with Crippen LogP contribution < -0.4 is 14.8 Å². The van der Waals surface area contributed by atoms with E-state index >= 15 is 0 Å². The largest absolute Gasteiger partial charge is 0.454 e. The average Bonchev–Trinajstić information content (AvgIpc) is 2.81. The summed E-state index contributed by atoms with van der Waals surface area (Å²) in [5.41, 5.74) is 1.25. The molecular formula is C14H18BrNO3. The maximum absolute atomic E-state index is 5.59. The monoisotopic (exact) mass is 327 g/mol. The molecular weight excluding hydrogens is 310 g/mol. The molecule has 104 valence electrons. The molecule has 1 fully saturated rings. The Morgan fingerprint density at radius 1 is 1.37 bits per heavy atom. The molecule has 4 nitrogen and oxygen atoms in total. The first-order valence-corrected chi connectivity index (χ1v) is 7.36. The molecule has 0 unspecified atom stereocenters. The fourth-order valence-electron chi connectivity index (χ4n) is 2.58. The summed E-state index contributed by atoms with van der Waals surface area (Å²) in [4.78, 5) is 0. The minimum absolute atomic E-state index is 0.0631. The van der Waals surface area contributed by atoms with Crippen LogP contribution in [0.5, 0.6) is 11.5 Å². The van der Waals surface area contributed by atoms with Crippen molar-refractivity contribution in [2.45, 2.75) is 31.4 Å². The number of benzene rings is 1. The zero-order valence-corrected chi connectivity index (χ0v) is 12.6. The zero-order chi connectivity index (χ0) is 13.3. The number of hydrogen-bond donors (Lipinski definition) is 1. The van der Waals surface area contributed by atoms with Crippen molar-refractivity contribution in [1.29, 1.82) is 0 Å². The van der Waals surface area contributed by atoms with Gasteiger partial charge in [-0.1, -0.05) is 0 Å². The fraction of sp³-hybridized carbons (Fsp3) is 0.571. The highest BCUT2D eigenvalue weighted by Crippen LogP contribution is 2.40. The first kappa shape index (κ1) is 13.2. The smallest absolute Gasteiger partial charge is 0.231 e. The average molecular weight is 328 g/mol. The molecule has 1 saturated carbocycles. The summed E-state index contributed by atoms with van der Waals surface area (Å²) in [6.45, 7) is 2.01. The van der Waals surface area contributed by atoms with Crippen LogP contribution in [0.2, 0.25) is 0 Å². The highest BCUT2D eigenvalue weighted by molar-refractivity contribution is 9.10. The summed E-state index contributed by atoms with van der Waals surface area (Å²) in [5, 5.41) is 3.47. The molecule has 3 rings (SSSR count). The van der Waals surface area contributed by atoms with Crippen LogP contribution in [0, 0.1) is 0 Å². The van der Waals surface area contributed by atoms with Gasteiger partial charge in [-0.15, -0.1) is 0 Å². The van der Waals surface area contributed by atoms with Gasteiger partial charge < -0.3 is 19.5 Å². The quantitative estimate of drug-likeness (QED) is 0.902. The summed E-state index contributed by atoms with van der Waals surface area (Å²) in [6, 6.07) is 4.10. The van der Waals surface area contributed by atoms with Crippen LogP contribution in [0.1, 0.15) is 24.8 Å². The lowest BCUT2D eigenvalue weighted by Crippen LogP contribution is -2.47. The first-order valence-electron chi connectivity index (χ1n) is 6.56. The van der Waals surface area contributed by atoms with E-state index in [4.69, 9.17) is 14.2 Å². The lowest BCUT2D eigenvalue weighted by molar-refractivity contribution is -0.0695. The van der Waals surface area contributed by atoms with Crippen molar-refractivity contribution in [3.8, 4) is 11.5 Å². The van der Waals surface area contributed by atoms with E-state index in [0.717, 1.165) is 41.9 Å². The van der Waals surface area contributed by atoms with Gasteiger partial charge in [0.2, 0.25) is 6.79 Å². The van der Waals surface area contributed by atoms with Gasteiger partial charge in [0.15, 0.2) is 11.5 Å². The second kappa shape index (κ2) is 5.31. The van der Waals surface area contributed by atoms with Crippen LogP contribution in [-0.2, 0) is 11.3 Å². The summed E-state index contributed by atoms with van der Waals surface area (Å²) in [6.07, 6.45) is 3.58. The fourth-order valence-corrected chi connectivity index (χ4v) is 3.19. The topological polar surface area (TPSA) is 39.7 Å². The van der Waals surface area contributed by atoms with Gasteiger partial charge in [-0.05, 0) is 52.9 Å². The Balaban J connectivity index is 1.60. The molecule has 0 atom stereocenters. The van der Waals surface area contributed by atoms with Gasteiger partial charge >= 0.3 is 0 Å². The summed E-state index contributed by atoms with van der Waals surface area (Å²) in [7, 11) is 1.80.